The fraction of sp³-hybridized carbons (Fsp3) is 0.438. The van der Waals surface area contributed by atoms with Gasteiger partial charge >= 0.3 is 0 Å². The Morgan fingerprint density at radius 1 is 1.32 bits per heavy atom. The Hall–Kier alpha value is -1.61. The maximum Gasteiger partial charge on any atom is 0.112 e. The van der Waals surface area contributed by atoms with E-state index in [-0.39, 0.29) is 0 Å². The molecule has 1 heterocycles. The Balaban J connectivity index is 2.05. The lowest BCUT2D eigenvalue weighted by molar-refractivity contribution is 0.675. The van der Waals surface area contributed by atoms with Crippen LogP contribution in [0.25, 0.3) is 0 Å². The molecule has 0 aliphatic carbocycles. The van der Waals surface area contributed by atoms with Crippen LogP contribution in [0.1, 0.15) is 35.9 Å². The Bertz CT molecular complexity index is 529. The van der Waals surface area contributed by atoms with E-state index in [4.69, 9.17) is 0 Å². The summed E-state index contributed by atoms with van der Waals surface area (Å²) in [6, 6.07) is 6.72. The minimum atomic E-state index is 0.901. The van der Waals surface area contributed by atoms with Gasteiger partial charge in [-0.2, -0.15) is 0 Å². The van der Waals surface area contributed by atoms with Gasteiger partial charge in [0.25, 0.3) is 0 Å². The van der Waals surface area contributed by atoms with Crippen molar-refractivity contribution >= 4 is 0 Å². The summed E-state index contributed by atoms with van der Waals surface area (Å²) >= 11 is 0. The van der Waals surface area contributed by atoms with Gasteiger partial charge in [0.1, 0.15) is 5.82 Å². The van der Waals surface area contributed by atoms with E-state index in [0.717, 1.165) is 25.3 Å². The molecule has 0 atom stereocenters. The third-order valence-electron chi connectivity index (χ3n) is 3.43. The number of rotatable bonds is 6. The lowest BCUT2D eigenvalue weighted by Crippen LogP contribution is -2.14. The highest BCUT2D eigenvalue weighted by molar-refractivity contribution is 5.33. The van der Waals surface area contributed by atoms with Gasteiger partial charge in [0.05, 0.1) is 0 Å². The zero-order valence-corrected chi connectivity index (χ0v) is 12.1. The topological polar surface area (TPSA) is 29.9 Å². The molecule has 3 heteroatoms. The molecule has 1 aromatic heterocycles. The molecule has 0 spiro atoms. The van der Waals surface area contributed by atoms with Crippen molar-refractivity contribution < 1.29 is 0 Å². The molecule has 0 saturated carbocycles. The molecule has 0 fully saturated rings. The first kappa shape index (κ1) is 13.8. The minimum absolute atomic E-state index is 0.901. The first-order valence-corrected chi connectivity index (χ1v) is 6.96. The van der Waals surface area contributed by atoms with Gasteiger partial charge in [0.2, 0.25) is 0 Å². The van der Waals surface area contributed by atoms with Gasteiger partial charge in [-0.1, -0.05) is 25.1 Å². The molecular formula is C16H23N3. The van der Waals surface area contributed by atoms with Crippen molar-refractivity contribution in [2.75, 3.05) is 6.54 Å². The number of benzene rings is 1. The second kappa shape index (κ2) is 6.53. The van der Waals surface area contributed by atoms with Gasteiger partial charge in [-0.3, -0.25) is 0 Å². The summed E-state index contributed by atoms with van der Waals surface area (Å²) in [6.45, 7) is 6.40. The molecule has 0 radical (unpaired) electrons. The summed E-state index contributed by atoms with van der Waals surface area (Å²) < 4.78 is 2.08. The van der Waals surface area contributed by atoms with E-state index >= 15 is 0 Å². The van der Waals surface area contributed by atoms with Crippen molar-refractivity contribution in [3.8, 4) is 0 Å². The predicted molar refractivity (Wildman–Crippen MR) is 79.2 cm³/mol. The summed E-state index contributed by atoms with van der Waals surface area (Å²) in [5.41, 5.74) is 4.06. The molecule has 2 aromatic rings. The Labute approximate surface area is 115 Å². The monoisotopic (exact) mass is 257 g/mol. The highest BCUT2D eigenvalue weighted by atomic mass is 15.0. The molecule has 0 bridgehead atoms. The zero-order valence-electron chi connectivity index (χ0n) is 12.1. The summed E-state index contributed by atoms with van der Waals surface area (Å²) in [7, 11) is 2.04. The van der Waals surface area contributed by atoms with Gasteiger partial charge in [-0.15, -0.1) is 0 Å². The highest BCUT2D eigenvalue weighted by Gasteiger charge is 2.05. The maximum atomic E-state index is 4.39. The largest absolute Gasteiger partial charge is 0.338 e. The fourth-order valence-electron chi connectivity index (χ4n) is 2.21. The van der Waals surface area contributed by atoms with Gasteiger partial charge < -0.3 is 9.88 Å². The van der Waals surface area contributed by atoms with Crippen molar-refractivity contribution in [1.29, 1.82) is 0 Å². The van der Waals surface area contributed by atoms with E-state index < -0.39 is 0 Å². The van der Waals surface area contributed by atoms with Crippen LogP contribution in [0.5, 0.6) is 0 Å². The quantitative estimate of drug-likeness (QED) is 0.806. The van der Waals surface area contributed by atoms with Gasteiger partial charge in [-0.25, -0.2) is 4.98 Å². The molecule has 0 amide bonds. The van der Waals surface area contributed by atoms with Crippen LogP contribution in [-0.4, -0.2) is 16.1 Å². The smallest absolute Gasteiger partial charge is 0.112 e. The number of aryl methyl sites for hydroxylation is 2. The molecule has 0 aliphatic rings. The molecular weight excluding hydrogens is 234 g/mol. The molecule has 2 rings (SSSR count). The molecule has 102 valence electrons. The Kier molecular flexibility index (Phi) is 4.74. The van der Waals surface area contributed by atoms with Crippen LogP contribution in [0.2, 0.25) is 0 Å². The molecule has 3 nitrogen and oxygen atoms in total. The van der Waals surface area contributed by atoms with Crippen molar-refractivity contribution in [3.63, 3.8) is 0 Å². The number of nitrogens with one attached hydrogen (secondary N) is 1. The number of imidazole rings is 1. The summed E-state index contributed by atoms with van der Waals surface area (Å²) in [5, 5.41) is 3.44. The van der Waals surface area contributed by atoms with Crippen LogP contribution in [-0.2, 0) is 20.0 Å². The van der Waals surface area contributed by atoms with Crippen LogP contribution in [0.15, 0.2) is 30.6 Å². The van der Waals surface area contributed by atoms with Crippen molar-refractivity contribution in [2.45, 2.75) is 33.2 Å². The Morgan fingerprint density at radius 2 is 2.16 bits per heavy atom. The molecule has 0 saturated heterocycles. The van der Waals surface area contributed by atoms with Gasteiger partial charge in [0.15, 0.2) is 0 Å². The van der Waals surface area contributed by atoms with Crippen LogP contribution in [0.3, 0.4) is 0 Å². The second-order valence-corrected chi connectivity index (χ2v) is 5.07. The van der Waals surface area contributed by atoms with Crippen molar-refractivity contribution in [2.24, 2.45) is 7.05 Å². The lowest BCUT2D eigenvalue weighted by atomic mass is 10.0. The fourth-order valence-corrected chi connectivity index (χ4v) is 2.21. The first-order valence-electron chi connectivity index (χ1n) is 6.96. The first-order chi connectivity index (χ1) is 9.20. The van der Waals surface area contributed by atoms with E-state index in [9.17, 15) is 0 Å². The summed E-state index contributed by atoms with van der Waals surface area (Å²) in [5.74, 6) is 1.11. The third-order valence-corrected chi connectivity index (χ3v) is 3.43. The number of aromatic nitrogens is 2. The maximum absolute atomic E-state index is 4.39. The van der Waals surface area contributed by atoms with Gasteiger partial charge in [-0.05, 0) is 36.6 Å². The van der Waals surface area contributed by atoms with Crippen molar-refractivity contribution in [1.82, 2.24) is 14.9 Å². The number of nitrogens with zero attached hydrogens (tertiary/aromatic N) is 2. The second-order valence-electron chi connectivity index (χ2n) is 5.07. The van der Waals surface area contributed by atoms with Crippen molar-refractivity contribution in [3.05, 3.63) is 53.1 Å². The number of hydrogen-bond donors (Lipinski definition) is 1. The third kappa shape index (κ3) is 3.67. The number of hydrogen-bond acceptors (Lipinski definition) is 2. The van der Waals surface area contributed by atoms with Crippen LogP contribution in [0.4, 0.5) is 0 Å². The van der Waals surface area contributed by atoms with E-state index in [1.807, 2.05) is 19.4 Å². The standard InChI is InChI=1S/C16H23N3/c1-4-7-17-12-14-5-6-15(13(2)10-14)11-16-18-8-9-19(16)3/h5-6,8-10,17H,4,7,11-12H2,1-3H3. The lowest BCUT2D eigenvalue weighted by Gasteiger charge is -2.09. The average Bonchev–Trinajstić information content (AvgIpc) is 2.79. The van der Waals surface area contributed by atoms with E-state index in [1.165, 1.54) is 23.1 Å². The molecule has 0 unspecified atom stereocenters. The molecule has 0 aliphatic heterocycles. The minimum Gasteiger partial charge on any atom is -0.338 e. The van der Waals surface area contributed by atoms with Gasteiger partial charge in [0, 0.05) is 32.4 Å². The Morgan fingerprint density at radius 3 is 2.79 bits per heavy atom. The normalized spacial score (nSPS) is 10.9. The van der Waals surface area contributed by atoms with E-state index in [2.05, 4.69) is 46.9 Å². The molecule has 1 N–H and O–H groups in total. The SMILES string of the molecule is CCCNCc1ccc(Cc2nccn2C)c(C)c1. The van der Waals surface area contributed by atoms with Crippen LogP contribution >= 0.6 is 0 Å². The predicted octanol–water partition coefficient (Wildman–Crippen LogP) is 2.82. The van der Waals surface area contributed by atoms with Crippen LogP contribution in [0, 0.1) is 6.92 Å². The molecule has 19 heavy (non-hydrogen) atoms. The highest BCUT2D eigenvalue weighted by Crippen LogP contribution is 2.14. The summed E-state index contributed by atoms with van der Waals surface area (Å²) in [4.78, 5) is 4.39. The summed E-state index contributed by atoms with van der Waals surface area (Å²) in [6.07, 6.45) is 5.93. The van der Waals surface area contributed by atoms with E-state index in [0.29, 0.717) is 0 Å². The molecule has 1 aromatic carbocycles. The van der Waals surface area contributed by atoms with E-state index in [1.54, 1.807) is 0 Å². The average molecular weight is 257 g/mol. The zero-order chi connectivity index (χ0) is 13.7. The van der Waals surface area contributed by atoms with Crippen LogP contribution < -0.4 is 5.32 Å².